The first kappa shape index (κ1) is 11.7. The lowest BCUT2D eigenvalue weighted by atomic mass is 10.0. The van der Waals surface area contributed by atoms with E-state index in [1.54, 1.807) is 36.4 Å². The molecule has 0 aliphatic carbocycles. The SMILES string of the molecule is Oc1cccc2c1-c1c(O)cccc1OCCCO2. The molecule has 4 nitrogen and oxygen atoms in total. The van der Waals surface area contributed by atoms with Gasteiger partial charge in [0, 0.05) is 6.42 Å². The summed E-state index contributed by atoms with van der Waals surface area (Å²) in [6.07, 6.45) is 0.740. The smallest absolute Gasteiger partial charge is 0.131 e. The predicted molar refractivity (Wildman–Crippen MR) is 70.8 cm³/mol. The van der Waals surface area contributed by atoms with Crippen molar-refractivity contribution < 1.29 is 19.7 Å². The molecule has 0 bridgehead atoms. The van der Waals surface area contributed by atoms with E-state index in [2.05, 4.69) is 0 Å². The number of rotatable bonds is 0. The molecule has 1 aliphatic heterocycles. The molecular weight excluding hydrogens is 244 g/mol. The van der Waals surface area contributed by atoms with Crippen molar-refractivity contribution in [1.82, 2.24) is 0 Å². The van der Waals surface area contributed by atoms with Gasteiger partial charge in [-0.05, 0) is 24.3 Å². The van der Waals surface area contributed by atoms with Crippen LogP contribution in [0.2, 0.25) is 0 Å². The van der Waals surface area contributed by atoms with Gasteiger partial charge >= 0.3 is 0 Å². The Balaban J connectivity index is 2.30. The van der Waals surface area contributed by atoms with Gasteiger partial charge in [0.15, 0.2) is 0 Å². The first-order valence-corrected chi connectivity index (χ1v) is 6.17. The Morgan fingerprint density at radius 3 is 1.68 bits per heavy atom. The fourth-order valence-corrected chi connectivity index (χ4v) is 2.21. The second kappa shape index (κ2) is 4.72. The van der Waals surface area contributed by atoms with Gasteiger partial charge in [0.25, 0.3) is 0 Å². The molecule has 0 amide bonds. The molecule has 0 unspecified atom stereocenters. The molecule has 0 saturated carbocycles. The van der Waals surface area contributed by atoms with E-state index in [4.69, 9.17) is 9.47 Å². The molecule has 2 N–H and O–H groups in total. The van der Waals surface area contributed by atoms with E-state index < -0.39 is 0 Å². The predicted octanol–water partition coefficient (Wildman–Crippen LogP) is 2.93. The molecule has 4 heteroatoms. The minimum absolute atomic E-state index is 0.0609. The molecule has 3 rings (SSSR count). The topological polar surface area (TPSA) is 58.9 Å². The van der Waals surface area contributed by atoms with Crippen LogP contribution in [0.1, 0.15) is 6.42 Å². The number of fused-ring (bicyclic) bond motifs is 3. The van der Waals surface area contributed by atoms with Crippen molar-refractivity contribution in [3.05, 3.63) is 36.4 Å². The van der Waals surface area contributed by atoms with E-state index in [0.29, 0.717) is 35.8 Å². The number of hydrogen-bond acceptors (Lipinski definition) is 4. The van der Waals surface area contributed by atoms with Crippen LogP contribution in [0.5, 0.6) is 23.0 Å². The van der Waals surface area contributed by atoms with Crippen molar-refractivity contribution in [3.63, 3.8) is 0 Å². The van der Waals surface area contributed by atoms with Crippen LogP contribution < -0.4 is 9.47 Å². The van der Waals surface area contributed by atoms with E-state index in [1.165, 1.54) is 0 Å². The zero-order valence-electron chi connectivity index (χ0n) is 10.3. The van der Waals surface area contributed by atoms with Gasteiger partial charge in [-0.25, -0.2) is 0 Å². The second-order valence-corrected chi connectivity index (χ2v) is 4.35. The fourth-order valence-electron chi connectivity index (χ4n) is 2.21. The number of aromatic hydroxyl groups is 2. The van der Waals surface area contributed by atoms with Crippen LogP contribution in [-0.4, -0.2) is 23.4 Å². The average molecular weight is 258 g/mol. The first-order valence-electron chi connectivity index (χ1n) is 6.17. The molecular formula is C15H14O4. The highest BCUT2D eigenvalue weighted by Gasteiger charge is 2.20. The van der Waals surface area contributed by atoms with Gasteiger partial charge < -0.3 is 19.7 Å². The van der Waals surface area contributed by atoms with Gasteiger partial charge in [0.2, 0.25) is 0 Å². The molecule has 0 spiro atoms. The monoisotopic (exact) mass is 258 g/mol. The van der Waals surface area contributed by atoms with E-state index in [1.807, 2.05) is 0 Å². The average Bonchev–Trinajstić information content (AvgIpc) is 2.48. The first-order chi connectivity index (χ1) is 9.27. The van der Waals surface area contributed by atoms with Crippen molar-refractivity contribution in [2.45, 2.75) is 6.42 Å². The van der Waals surface area contributed by atoms with Crippen molar-refractivity contribution in [2.75, 3.05) is 13.2 Å². The van der Waals surface area contributed by atoms with Crippen LogP contribution in [-0.2, 0) is 0 Å². The summed E-state index contributed by atoms with van der Waals surface area (Å²) < 4.78 is 11.3. The summed E-state index contributed by atoms with van der Waals surface area (Å²) in [5.41, 5.74) is 0.940. The maximum absolute atomic E-state index is 10.1. The Bertz CT molecular complexity index is 554. The molecule has 1 aliphatic rings. The van der Waals surface area contributed by atoms with Gasteiger partial charge in [-0.3, -0.25) is 0 Å². The van der Waals surface area contributed by atoms with Crippen molar-refractivity contribution in [2.24, 2.45) is 0 Å². The number of ether oxygens (including phenoxy) is 2. The van der Waals surface area contributed by atoms with E-state index in [0.717, 1.165) is 6.42 Å². The van der Waals surface area contributed by atoms with E-state index in [9.17, 15) is 10.2 Å². The summed E-state index contributed by atoms with van der Waals surface area (Å²) in [4.78, 5) is 0. The standard InChI is InChI=1S/C15H14O4/c16-10-4-1-6-12-14(10)15-11(17)5-2-7-13(15)19-9-3-8-18-12/h1-2,4-7,16-17H,3,8-9H2. The zero-order valence-corrected chi connectivity index (χ0v) is 10.3. The van der Waals surface area contributed by atoms with Crippen LogP contribution in [0.15, 0.2) is 36.4 Å². The lowest BCUT2D eigenvalue weighted by Crippen LogP contribution is -2.03. The molecule has 0 fully saturated rings. The Morgan fingerprint density at radius 2 is 1.21 bits per heavy atom. The highest BCUT2D eigenvalue weighted by molar-refractivity contribution is 5.85. The summed E-state index contributed by atoms with van der Waals surface area (Å²) in [5.74, 6) is 1.22. The summed E-state index contributed by atoms with van der Waals surface area (Å²) in [5, 5.41) is 20.2. The number of phenols is 2. The van der Waals surface area contributed by atoms with Gasteiger partial charge in [0.05, 0.1) is 24.3 Å². The fraction of sp³-hybridized carbons (Fsp3) is 0.200. The third-order valence-corrected chi connectivity index (χ3v) is 3.06. The van der Waals surface area contributed by atoms with E-state index >= 15 is 0 Å². The van der Waals surface area contributed by atoms with Crippen LogP contribution in [0.4, 0.5) is 0 Å². The number of hydrogen-bond donors (Lipinski definition) is 2. The second-order valence-electron chi connectivity index (χ2n) is 4.35. The van der Waals surface area contributed by atoms with Gasteiger partial charge in [-0.15, -0.1) is 0 Å². The van der Waals surface area contributed by atoms with Crippen molar-refractivity contribution in [3.8, 4) is 34.1 Å². The highest BCUT2D eigenvalue weighted by Crippen LogP contribution is 2.47. The van der Waals surface area contributed by atoms with Gasteiger partial charge in [-0.2, -0.15) is 0 Å². The van der Waals surface area contributed by atoms with Gasteiger partial charge in [0.1, 0.15) is 23.0 Å². The molecule has 2 aromatic carbocycles. The Hall–Kier alpha value is -2.36. The van der Waals surface area contributed by atoms with Crippen LogP contribution >= 0.6 is 0 Å². The molecule has 1 heterocycles. The highest BCUT2D eigenvalue weighted by atomic mass is 16.5. The third-order valence-electron chi connectivity index (χ3n) is 3.06. The Morgan fingerprint density at radius 1 is 0.737 bits per heavy atom. The third kappa shape index (κ3) is 2.05. The van der Waals surface area contributed by atoms with Crippen LogP contribution in [0.3, 0.4) is 0 Å². The maximum Gasteiger partial charge on any atom is 0.131 e. The number of benzene rings is 2. The summed E-state index contributed by atoms with van der Waals surface area (Å²) >= 11 is 0. The molecule has 2 aromatic rings. The molecule has 0 atom stereocenters. The van der Waals surface area contributed by atoms with Crippen molar-refractivity contribution in [1.29, 1.82) is 0 Å². The summed E-state index contributed by atoms with van der Waals surface area (Å²) in [7, 11) is 0. The summed E-state index contributed by atoms with van der Waals surface area (Å²) in [6, 6.07) is 10.1. The quantitative estimate of drug-likeness (QED) is 0.762. The molecule has 19 heavy (non-hydrogen) atoms. The maximum atomic E-state index is 10.1. The zero-order chi connectivity index (χ0) is 13.2. The van der Waals surface area contributed by atoms with Crippen LogP contribution in [0, 0.1) is 0 Å². The van der Waals surface area contributed by atoms with E-state index in [-0.39, 0.29) is 11.5 Å². The summed E-state index contributed by atoms with van der Waals surface area (Å²) in [6.45, 7) is 1.01. The van der Waals surface area contributed by atoms with Gasteiger partial charge in [-0.1, -0.05) is 12.1 Å². The number of phenolic OH excluding ortho intramolecular Hbond substituents is 2. The van der Waals surface area contributed by atoms with Crippen molar-refractivity contribution >= 4 is 0 Å². The largest absolute Gasteiger partial charge is 0.507 e. The normalized spacial score (nSPS) is 13.9. The minimum atomic E-state index is 0.0609. The lowest BCUT2D eigenvalue weighted by molar-refractivity contribution is 0.252. The lowest BCUT2D eigenvalue weighted by Gasteiger charge is -2.14. The Labute approximate surface area is 110 Å². The molecule has 0 radical (unpaired) electrons. The molecule has 98 valence electrons. The Kier molecular flexibility index (Phi) is 2.91. The van der Waals surface area contributed by atoms with Crippen LogP contribution in [0.25, 0.3) is 11.1 Å². The molecule has 0 saturated heterocycles. The molecule has 0 aromatic heterocycles. The minimum Gasteiger partial charge on any atom is -0.507 e.